The Morgan fingerprint density at radius 3 is 2.39 bits per heavy atom. The number of nitrogens with zero attached hydrogens (tertiary/aromatic N) is 1. The number of fused-ring (bicyclic) bond motifs is 2. The lowest BCUT2D eigenvalue weighted by Gasteiger charge is -2.29. The minimum Gasteiger partial charge on any atom is -0.459 e. The summed E-state index contributed by atoms with van der Waals surface area (Å²) in [5.74, 6) is 0.439. The van der Waals surface area contributed by atoms with Crippen molar-refractivity contribution in [2.45, 2.75) is 69.1 Å². The lowest BCUT2D eigenvalue weighted by molar-refractivity contribution is 0.0174. The van der Waals surface area contributed by atoms with E-state index in [2.05, 4.69) is 10.5 Å². The van der Waals surface area contributed by atoms with Crippen LogP contribution >= 0.6 is 23.2 Å². The zero-order chi connectivity index (χ0) is 19.3. The smallest absolute Gasteiger partial charge is 0.344 e. The number of nitrogens with one attached hydrogen (secondary N) is 1. The molecule has 3 heterocycles. The zero-order valence-corrected chi connectivity index (χ0v) is 16.9. The highest BCUT2D eigenvalue weighted by Gasteiger charge is 2.38. The Kier molecular flexibility index (Phi) is 4.85. The molecule has 0 spiro atoms. The van der Waals surface area contributed by atoms with Crippen LogP contribution < -0.4 is 5.32 Å². The van der Waals surface area contributed by atoms with E-state index in [1.54, 1.807) is 18.2 Å². The van der Waals surface area contributed by atoms with E-state index in [0.29, 0.717) is 44.7 Å². The molecule has 2 aromatic rings. The molecule has 2 bridgehead atoms. The van der Waals surface area contributed by atoms with Crippen LogP contribution in [0.1, 0.15) is 67.0 Å². The summed E-state index contributed by atoms with van der Waals surface area (Å²) in [6.07, 6.45) is 7.04. The first kappa shape index (κ1) is 18.5. The number of esters is 1. The van der Waals surface area contributed by atoms with E-state index in [4.69, 9.17) is 32.5 Å². The van der Waals surface area contributed by atoms with Gasteiger partial charge < -0.3 is 14.6 Å². The van der Waals surface area contributed by atoms with Gasteiger partial charge in [0.1, 0.15) is 17.4 Å². The van der Waals surface area contributed by atoms with Crippen molar-refractivity contribution < 1.29 is 14.1 Å². The number of rotatable bonds is 4. The van der Waals surface area contributed by atoms with Crippen molar-refractivity contribution in [3.8, 4) is 11.3 Å². The Morgan fingerprint density at radius 1 is 1.11 bits per heavy atom. The predicted molar refractivity (Wildman–Crippen MR) is 107 cm³/mol. The predicted octanol–water partition coefficient (Wildman–Crippen LogP) is 5.36. The second kappa shape index (κ2) is 7.36. The average molecular weight is 421 g/mol. The second-order valence-electron chi connectivity index (χ2n) is 8.13. The molecule has 1 saturated carbocycles. The third-order valence-corrected chi connectivity index (χ3v) is 6.93. The molecule has 148 valence electrons. The van der Waals surface area contributed by atoms with Gasteiger partial charge in [0.2, 0.25) is 0 Å². The molecule has 1 N–H and O–H groups in total. The minimum absolute atomic E-state index is 0.0787. The van der Waals surface area contributed by atoms with Crippen LogP contribution in [0.3, 0.4) is 0 Å². The maximum atomic E-state index is 13.3. The molecule has 2 aliphatic heterocycles. The van der Waals surface area contributed by atoms with Crippen molar-refractivity contribution in [3.63, 3.8) is 0 Å². The van der Waals surface area contributed by atoms with Gasteiger partial charge >= 0.3 is 5.97 Å². The molecule has 1 aromatic heterocycles. The number of ether oxygens (including phenoxy) is 1. The molecule has 0 radical (unpaired) electrons. The summed E-state index contributed by atoms with van der Waals surface area (Å²) in [7, 11) is 0. The van der Waals surface area contributed by atoms with Crippen molar-refractivity contribution in [2.75, 3.05) is 0 Å². The summed E-state index contributed by atoms with van der Waals surface area (Å²) < 4.78 is 11.6. The van der Waals surface area contributed by atoms with Crippen molar-refractivity contribution >= 4 is 29.2 Å². The molecule has 5 nitrogen and oxygen atoms in total. The number of halogens is 2. The normalized spacial score (nSPS) is 26.9. The van der Waals surface area contributed by atoms with Crippen molar-refractivity contribution in [2.24, 2.45) is 0 Å². The molecule has 3 atom stereocenters. The van der Waals surface area contributed by atoms with Crippen molar-refractivity contribution in [1.82, 2.24) is 10.5 Å². The highest BCUT2D eigenvalue weighted by Crippen LogP contribution is 2.44. The summed E-state index contributed by atoms with van der Waals surface area (Å²) >= 11 is 12.8. The first-order valence-electron chi connectivity index (χ1n) is 10.0. The Morgan fingerprint density at radius 2 is 1.79 bits per heavy atom. The number of carbonyl (C=O) groups is 1. The fourth-order valence-corrected chi connectivity index (χ4v) is 5.23. The lowest BCUT2D eigenvalue weighted by atomic mass is 9.81. The van der Waals surface area contributed by atoms with Crippen molar-refractivity contribution in [3.05, 3.63) is 39.6 Å². The second-order valence-corrected chi connectivity index (χ2v) is 8.95. The van der Waals surface area contributed by atoms with E-state index in [-0.39, 0.29) is 18.0 Å². The van der Waals surface area contributed by atoms with Crippen LogP contribution in [0, 0.1) is 0 Å². The van der Waals surface area contributed by atoms with E-state index in [0.717, 1.165) is 44.9 Å². The highest BCUT2D eigenvalue weighted by atomic mass is 35.5. The van der Waals surface area contributed by atoms with Crippen LogP contribution in [0.4, 0.5) is 0 Å². The standard InChI is InChI=1S/C21H22Cl2N2O3/c22-15-5-2-6-16(23)17(15)19-18(20(28-25-19)11-3-1-4-11)21(26)27-14-9-12-7-8-13(10-14)24-12/h2,5-6,11-14,24H,1,3-4,7-10H2/t12-,13+,14?. The van der Waals surface area contributed by atoms with Gasteiger partial charge in [-0.3, -0.25) is 0 Å². The molecular formula is C21H22Cl2N2O3. The minimum atomic E-state index is -0.375. The van der Waals surface area contributed by atoms with Gasteiger partial charge in [0.15, 0.2) is 5.76 Å². The van der Waals surface area contributed by atoms with Gasteiger partial charge in [0.25, 0.3) is 0 Å². The molecule has 3 fully saturated rings. The topological polar surface area (TPSA) is 64.4 Å². The Hall–Kier alpha value is -1.56. The van der Waals surface area contributed by atoms with Gasteiger partial charge in [-0.2, -0.15) is 0 Å². The lowest BCUT2D eigenvalue weighted by Crippen LogP contribution is -2.42. The van der Waals surface area contributed by atoms with Gasteiger partial charge in [-0.05, 0) is 50.7 Å². The SMILES string of the molecule is O=C(OC1C[C@H]2CC[C@@H](C1)N2)c1c(-c2c(Cl)cccc2Cl)noc1C1CCC1. The van der Waals surface area contributed by atoms with Crippen molar-refractivity contribution in [1.29, 1.82) is 0 Å². The average Bonchev–Trinajstić information content (AvgIpc) is 3.17. The van der Waals surface area contributed by atoms with Crippen LogP contribution in [-0.2, 0) is 4.74 Å². The molecule has 1 unspecified atom stereocenters. The highest BCUT2D eigenvalue weighted by molar-refractivity contribution is 6.39. The molecule has 5 rings (SSSR count). The van der Waals surface area contributed by atoms with E-state index in [1.165, 1.54) is 0 Å². The fraction of sp³-hybridized carbons (Fsp3) is 0.524. The number of hydrogen-bond acceptors (Lipinski definition) is 5. The van der Waals surface area contributed by atoms with Gasteiger partial charge in [0, 0.05) is 23.6 Å². The molecule has 1 aromatic carbocycles. The third-order valence-electron chi connectivity index (χ3n) is 6.30. The maximum absolute atomic E-state index is 13.3. The van der Waals surface area contributed by atoms with E-state index in [9.17, 15) is 4.79 Å². The summed E-state index contributed by atoms with van der Waals surface area (Å²) in [4.78, 5) is 13.3. The zero-order valence-electron chi connectivity index (χ0n) is 15.4. The van der Waals surface area contributed by atoms with Gasteiger partial charge in [0.05, 0.1) is 10.0 Å². The molecular weight excluding hydrogens is 399 g/mol. The molecule has 0 amide bonds. The van der Waals surface area contributed by atoms with E-state index >= 15 is 0 Å². The number of carbonyl (C=O) groups excluding carboxylic acids is 1. The number of benzene rings is 1. The number of aromatic nitrogens is 1. The fourth-order valence-electron chi connectivity index (χ4n) is 4.66. The van der Waals surface area contributed by atoms with Crippen LogP contribution in [0.2, 0.25) is 10.0 Å². The Bertz CT molecular complexity index is 877. The van der Waals surface area contributed by atoms with Gasteiger partial charge in [-0.1, -0.05) is 40.8 Å². The molecule has 3 aliphatic rings. The molecule has 28 heavy (non-hydrogen) atoms. The first-order valence-corrected chi connectivity index (χ1v) is 10.8. The molecule has 7 heteroatoms. The monoisotopic (exact) mass is 420 g/mol. The quantitative estimate of drug-likeness (QED) is 0.674. The van der Waals surface area contributed by atoms with Crippen LogP contribution in [-0.4, -0.2) is 29.3 Å². The van der Waals surface area contributed by atoms with Crippen LogP contribution in [0.5, 0.6) is 0 Å². The van der Waals surface area contributed by atoms with E-state index in [1.807, 2.05) is 0 Å². The van der Waals surface area contributed by atoms with Crippen LogP contribution in [0.25, 0.3) is 11.3 Å². The van der Waals surface area contributed by atoms with Gasteiger partial charge in [-0.15, -0.1) is 0 Å². The van der Waals surface area contributed by atoms with E-state index < -0.39 is 0 Å². The van der Waals surface area contributed by atoms with Crippen LogP contribution in [0.15, 0.2) is 22.7 Å². The Balaban J connectivity index is 1.49. The largest absolute Gasteiger partial charge is 0.459 e. The summed E-state index contributed by atoms with van der Waals surface area (Å²) in [6.45, 7) is 0. The summed E-state index contributed by atoms with van der Waals surface area (Å²) in [6, 6.07) is 6.13. The first-order chi connectivity index (χ1) is 13.6. The number of piperidine rings is 1. The third kappa shape index (κ3) is 3.23. The maximum Gasteiger partial charge on any atom is 0.344 e. The summed E-state index contributed by atoms with van der Waals surface area (Å²) in [5.41, 5.74) is 1.31. The van der Waals surface area contributed by atoms with Gasteiger partial charge in [-0.25, -0.2) is 4.79 Å². The molecule has 1 aliphatic carbocycles. The number of hydrogen-bond donors (Lipinski definition) is 1. The molecule has 2 saturated heterocycles. The summed E-state index contributed by atoms with van der Waals surface area (Å²) in [5, 5.41) is 8.66. The Labute approximate surface area is 173 Å².